The molecule has 162 valence electrons. The molecule has 1 heterocycles. The number of aryl methyl sites for hydroxylation is 2. The van der Waals surface area contributed by atoms with Crippen molar-refractivity contribution < 1.29 is 12.8 Å². The maximum absolute atomic E-state index is 14.0. The molecular weight excluding hydrogens is 411 g/mol. The van der Waals surface area contributed by atoms with E-state index in [-0.39, 0.29) is 10.9 Å². The van der Waals surface area contributed by atoms with Gasteiger partial charge < -0.3 is 0 Å². The molecule has 1 unspecified atom stereocenters. The Balaban J connectivity index is 1.56. The SMILES string of the molecule is Cc1ccc(C(c2ccccc2)N2CCN(S(=O)(=O)c3ccc(C)c(F)c3)CC2)cc1. The lowest BCUT2D eigenvalue weighted by molar-refractivity contribution is 0.156. The van der Waals surface area contributed by atoms with Gasteiger partial charge in [0.15, 0.2) is 0 Å². The zero-order chi connectivity index (χ0) is 22.0. The molecule has 0 aliphatic carbocycles. The molecule has 0 aromatic heterocycles. The Morgan fingerprint density at radius 3 is 2.03 bits per heavy atom. The van der Waals surface area contributed by atoms with Crippen molar-refractivity contribution in [1.29, 1.82) is 0 Å². The van der Waals surface area contributed by atoms with E-state index >= 15 is 0 Å². The van der Waals surface area contributed by atoms with Gasteiger partial charge in [0, 0.05) is 26.2 Å². The van der Waals surface area contributed by atoms with Gasteiger partial charge in [-0.15, -0.1) is 0 Å². The standard InChI is InChI=1S/C25H27FN2O2S/c1-19-8-11-22(12-9-19)25(21-6-4-3-5-7-21)27-14-16-28(17-15-27)31(29,30)23-13-10-20(2)24(26)18-23/h3-13,18,25H,14-17H2,1-2H3. The number of rotatable bonds is 5. The lowest BCUT2D eigenvalue weighted by Gasteiger charge is -2.39. The first kappa shape index (κ1) is 21.7. The van der Waals surface area contributed by atoms with Crippen LogP contribution in [0.4, 0.5) is 4.39 Å². The smallest absolute Gasteiger partial charge is 0.243 e. The molecular formula is C25H27FN2O2S. The monoisotopic (exact) mass is 438 g/mol. The van der Waals surface area contributed by atoms with Gasteiger partial charge in [-0.2, -0.15) is 4.31 Å². The van der Waals surface area contributed by atoms with E-state index in [0.717, 1.165) is 6.07 Å². The van der Waals surface area contributed by atoms with Crippen molar-refractivity contribution >= 4 is 10.0 Å². The summed E-state index contributed by atoms with van der Waals surface area (Å²) in [4.78, 5) is 2.34. The van der Waals surface area contributed by atoms with Crippen LogP contribution >= 0.6 is 0 Å². The number of benzene rings is 3. The van der Waals surface area contributed by atoms with Crippen LogP contribution in [0.3, 0.4) is 0 Å². The Hall–Kier alpha value is -2.54. The summed E-state index contributed by atoms with van der Waals surface area (Å²) in [6, 6.07) is 23.0. The Bertz CT molecular complexity index is 1140. The highest BCUT2D eigenvalue weighted by Crippen LogP contribution is 2.31. The van der Waals surface area contributed by atoms with Crippen molar-refractivity contribution in [1.82, 2.24) is 9.21 Å². The molecule has 0 amide bonds. The molecule has 0 bridgehead atoms. The second-order valence-electron chi connectivity index (χ2n) is 8.07. The first-order valence-corrected chi connectivity index (χ1v) is 11.9. The van der Waals surface area contributed by atoms with Crippen LogP contribution in [0, 0.1) is 19.7 Å². The van der Waals surface area contributed by atoms with Gasteiger partial charge >= 0.3 is 0 Å². The van der Waals surface area contributed by atoms with Crippen LogP contribution in [0.15, 0.2) is 77.7 Å². The molecule has 0 radical (unpaired) electrons. The van der Waals surface area contributed by atoms with Gasteiger partial charge in [-0.1, -0.05) is 66.2 Å². The van der Waals surface area contributed by atoms with Crippen molar-refractivity contribution in [3.05, 3.63) is 101 Å². The summed E-state index contributed by atoms with van der Waals surface area (Å²) in [6.07, 6.45) is 0. The molecule has 1 atom stereocenters. The van der Waals surface area contributed by atoms with E-state index in [1.54, 1.807) is 6.92 Å². The highest BCUT2D eigenvalue weighted by molar-refractivity contribution is 7.89. The van der Waals surface area contributed by atoms with Crippen LogP contribution in [0.2, 0.25) is 0 Å². The van der Waals surface area contributed by atoms with Gasteiger partial charge in [0.25, 0.3) is 0 Å². The predicted octanol–water partition coefficient (Wildman–Crippen LogP) is 4.54. The van der Waals surface area contributed by atoms with Crippen LogP contribution in [0.1, 0.15) is 28.3 Å². The lowest BCUT2D eigenvalue weighted by Crippen LogP contribution is -2.49. The fraction of sp³-hybridized carbons (Fsp3) is 0.280. The fourth-order valence-electron chi connectivity index (χ4n) is 4.08. The van der Waals surface area contributed by atoms with E-state index in [0.29, 0.717) is 31.7 Å². The van der Waals surface area contributed by atoms with Gasteiger partial charge in [-0.05, 0) is 42.7 Å². The molecule has 6 heteroatoms. The largest absolute Gasteiger partial charge is 0.290 e. The Labute approximate surface area is 184 Å². The molecule has 4 rings (SSSR count). The Morgan fingerprint density at radius 1 is 0.806 bits per heavy atom. The summed E-state index contributed by atoms with van der Waals surface area (Å²) in [5.41, 5.74) is 4.02. The minimum absolute atomic E-state index is 0.0159. The summed E-state index contributed by atoms with van der Waals surface area (Å²) in [5, 5.41) is 0. The van der Waals surface area contributed by atoms with Crippen molar-refractivity contribution in [2.24, 2.45) is 0 Å². The molecule has 4 nitrogen and oxygen atoms in total. The second kappa shape index (κ2) is 8.91. The van der Waals surface area contributed by atoms with Crippen LogP contribution in [-0.4, -0.2) is 43.8 Å². The summed E-state index contributed by atoms with van der Waals surface area (Å²) in [5.74, 6) is -0.497. The average Bonchev–Trinajstić information content (AvgIpc) is 2.78. The zero-order valence-corrected chi connectivity index (χ0v) is 18.6. The maximum Gasteiger partial charge on any atom is 0.243 e. The third-order valence-corrected chi connectivity index (χ3v) is 7.82. The molecule has 1 aliphatic rings. The van der Waals surface area contributed by atoms with Crippen LogP contribution < -0.4 is 0 Å². The van der Waals surface area contributed by atoms with Crippen LogP contribution in [-0.2, 0) is 10.0 Å². The van der Waals surface area contributed by atoms with E-state index in [4.69, 9.17) is 0 Å². The molecule has 1 fully saturated rings. The van der Waals surface area contributed by atoms with Gasteiger partial charge in [0.1, 0.15) is 5.82 Å². The lowest BCUT2D eigenvalue weighted by atomic mass is 9.96. The number of sulfonamides is 1. The average molecular weight is 439 g/mol. The molecule has 3 aromatic rings. The number of hydrogen-bond acceptors (Lipinski definition) is 3. The first-order valence-electron chi connectivity index (χ1n) is 10.5. The van der Waals surface area contributed by atoms with Crippen LogP contribution in [0.5, 0.6) is 0 Å². The van der Waals surface area contributed by atoms with Crippen molar-refractivity contribution in [2.75, 3.05) is 26.2 Å². The van der Waals surface area contributed by atoms with Gasteiger partial charge in [-0.3, -0.25) is 4.90 Å². The number of piperazine rings is 1. The number of halogens is 1. The topological polar surface area (TPSA) is 40.6 Å². The fourth-order valence-corrected chi connectivity index (χ4v) is 5.52. The second-order valence-corrected chi connectivity index (χ2v) is 10.0. The summed E-state index contributed by atoms with van der Waals surface area (Å²) < 4.78 is 41.5. The van der Waals surface area contributed by atoms with Gasteiger partial charge in [0.05, 0.1) is 10.9 Å². The van der Waals surface area contributed by atoms with Crippen molar-refractivity contribution in [2.45, 2.75) is 24.8 Å². The molecule has 3 aromatic carbocycles. The minimum Gasteiger partial charge on any atom is -0.290 e. The highest BCUT2D eigenvalue weighted by atomic mass is 32.2. The predicted molar refractivity (Wildman–Crippen MR) is 121 cm³/mol. The molecule has 1 saturated heterocycles. The minimum atomic E-state index is -3.72. The molecule has 0 saturated carbocycles. The molecule has 1 aliphatic heterocycles. The van der Waals surface area contributed by atoms with E-state index in [1.807, 2.05) is 18.2 Å². The zero-order valence-electron chi connectivity index (χ0n) is 17.8. The quantitative estimate of drug-likeness (QED) is 0.587. The van der Waals surface area contributed by atoms with Gasteiger partial charge in [0.2, 0.25) is 10.0 Å². The number of nitrogens with zero attached hydrogens (tertiary/aromatic N) is 2. The highest BCUT2D eigenvalue weighted by Gasteiger charge is 2.32. The van der Waals surface area contributed by atoms with E-state index in [9.17, 15) is 12.8 Å². The maximum atomic E-state index is 14.0. The first-order chi connectivity index (χ1) is 14.9. The van der Waals surface area contributed by atoms with E-state index in [2.05, 4.69) is 48.2 Å². The third kappa shape index (κ3) is 4.56. The third-order valence-electron chi connectivity index (χ3n) is 5.93. The Morgan fingerprint density at radius 2 is 1.42 bits per heavy atom. The van der Waals surface area contributed by atoms with Gasteiger partial charge in [-0.25, -0.2) is 12.8 Å². The molecule has 31 heavy (non-hydrogen) atoms. The van der Waals surface area contributed by atoms with Crippen molar-refractivity contribution in [3.8, 4) is 0 Å². The van der Waals surface area contributed by atoms with Crippen LogP contribution in [0.25, 0.3) is 0 Å². The summed E-state index contributed by atoms with van der Waals surface area (Å²) in [7, 11) is -3.72. The summed E-state index contributed by atoms with van der Waals surface area (Å²) in [6.45, 7) is 5.63. The molecule has 0 N–H and O–H groups in total. The molecule has 0 spiro atoms. The Kier molecular flexibility index (Phi) is 6.23. The van der Waals surface area contributed by atoms with E-state index < -0.39 is 15.8 Å². The normalized spacial score (nSPS) is 16.9. The number of hydrogen-bond donors (Lipinski definition) is 0. The summed E-state index contributed by atoms with van der Waals surface area (Å²) >= 11 is 0. The van der Waals surface area contributed by atoms with E-state index in [1.165, 1.54) is 33.1 Å². The van der Waals surface area contributed by atoms with Crippen molar-refractivity contribution in [3.63, 3.8) is 0 Å².